The standard InChI is InChI=1S/C75H132O17P2/c1-5-9-13-17-21-25-29-32-34-37-40-43-47-51-55-59-72(77)85-65-70(91-74(79)61-57-53-49-45-39-28-24-20-16-12-8-4)67-89-93(81,82)87-63-69(76)64-88-94(83,84)90-68-71(92-75(80)62-58-54-50-46-42-36-31-27-23-19-15-11-7-3)66-86-73(78)60-56-52-48-44-41-38-35-33-30-26-22-18-14-10-6-2/h9,13,20-22,24-27,31-35,69-71,76H,5-8,10-12,14-19,23,28-30,36-68H2,1-4H3,(H,81,82)(H,83,84)/b13-9-,24-20-,25-21-,26-22-,31-27-,34-32-,35-33-. The average Bonchev–Trinajstić information content (AvgIpc) is 1.35. The molecule has 0 bridgehead atoms. The second-order valence-corrected chi connectivity index (χ2v) is 27.4. The molecule has 3 N–H and O–H groups in total. The van der Waals surface area contributed by atoms with Crippen LogP contribution in [0.1, 0.15) is 310 Å². The second kappa shape index (κ2) is 67.8. The van der Waals surface area contributed by atoms with Crippen molar-refractivity contribution in [3.63, 3.8) is 0 Å². The Morgan fingerprint density at radius 2 is 0.564 bits per heavy atom. The molecule has 0 amide bonds. The fourth-order valence-electron chi connectivity index (χ4n) is 9.65. The lowest BCUT2D eigenvalue weighted by molar-refractivity contribution is -0.161. The third-order valence-corrected chi connectivity index (χ3v) is 17.2. The van der Waals surface area contributed by atoms with Gasteiger partial charge in [-0.3, -0.25) is 37.3 Å². The molecule has 5 atom stereocenters. The summed E-state index contributed by atoms with van der Waals surface area (Å²) in [6, 6.07) is 0. The SMILES string of the molecule is CC/C=C\C/C=C\C/C=C\CCCCCCCC(=O)OCC(COP(=O)(O)OCC(O)COP(=O)(O)OCC(COC(=O)CCCCCCC/C=C\C/C=C\CCCCC)OC(=O)CCCCCCC/C=C\CCCCCC)OC(=O)CCCCCCC/C=C\CCCC. The molecule has 0 spiro atoms. The summed E-state index contributed by atoms with van der Waals surface area (Å²) in [6.45, 7) is 4.63. The Labute approximate surface area is 570 Å². The first kappa shape index (κ1) is 90.2. The maximum absolute atomic E-state index is 13.0. The molecule has 0 radical (unpaired) electrons. The van der Waals surface area contributed by atoms with Gasteiger partial charge in [-0.2, -0.15) is 0 Å². The number of phosphoric acid groups is 2. The Hall–Kier alpha value is -3.76. The van der Waals surface area contributed by atoms with Gasteiger partial charge in [0.25, 0.3) is 0 Å². The highest BCUT2D eigenvalue weighted by Crippen LogP contribution is 2.45. The van der Waals surface area contributed by atoms with Gasteiger partial charge in [0.2, 0.25) is 0 Å². The van der Waals surface area contributed by atoms with Gasteiger partial charge in [0.15, 0.2) is 12.2 Å². The fraction of sp³-hybridized carbons (Fsp3) is 0.760. The summed E-state index contributed by atoms with van der Waals surface area (Å²) < 4.78 is 68.3. The molecule has 0 aromatic heterocycles. The molecule has 0 fully saturated rings. The van der Waals surface area contributed by atoms with Crippen LogP contribution >= 0.6 is 15.6 Å². The van der Waals surface area contributed by atoms with E-state index in [1.165, 1.54) is 57.8 Å². The van der Waals surface area contributed by atoms with E-state index in [4.69, 9.17) is 37.0 Å². The molecule has 544 valence electrons. The quantitative estimate of drug-likeness (QED) is 0.0169. The van der Waals surface area contributed by atoms with Gasteiger partial charge in [-0.15, -0.1) is 0 Å². The number of ether oxygens (including phenoxy) is 4. The van der Waals surface area contributed by atoms with E-state index in [-0.39, 0.29) is 25.7 Å². The van der Waals surface area contributed by atoms with Crippen LogP contribution in [0.5, 0.6) is 0 Å². The van der Waals surface area contributed by atoms with E-state index >= 15 is 0 Å². The summed E-state index contributed by atoms with van der Waals surface area (Å²) in [4.78, 5) is 72.7. The van der Waals surface area contributed by atoms with E-state index in [1.807, 2.05) is 0 Å². The van der Waals surface area contributed by atoms with Gasteiger partial charge in [0, 0.05) is 25.7 Å². The molecule has 0 heterocycles. The summed E-state index contributed by atoms with van der Waals surface area (Å²) >= 11 is 0. The number of carbonyl (C=O) groups excluding carboxylic acids is 4. The number of hydrogen-bond acceptors (Lipinski definition) is 15. The van der Waals surface area contributed by atoms with Crippen LogP contribution in [0.3, 0.4) is 0 Å². The Bertz CT molecular complexity index is 2120. The van der Waals surface area contributed by atoms with Crippen LogP contribution in [0.25, 0.3) is 0 Å². The molecule has 0 aliphatic rings. The minimum absolute atomic E-state index is 0.0810. The van der Waals surface area contributed by atoms with Crippen molar-refractivity contribution in [1.29, 1.82) is 0 Å². The lowest BCUT2D eigenvalue weighted by Crippen LogP contribution is -2.30. The Balaban J connectivity index is 5.33. The van der Waals surface area contributed by atoms with Gasteiger partial charge in [0.1, 0.15) is 19.3 Å². The van der Waals surface area contributed by atoms with E-state index in [1.54, 1.807) is 0 Å². The Morgan fingerprint density at radius 1 is 0.309 bits per heavy atom. The number of carbonyl (C=O) groups is 4. The number of aliphatic hydroxyl groups excluding tert-OH is 1. The van der Waals surface area contributed by atoms with Crippen LogP contribution in [0.15, 0.2) is 85.1 Å². The third-order valence-electron chi connectivity index (χ3n) is 15.3. The van der Waals surface area contributed by atoms with Crippen LogP contribution in [0.2, 0.25) is 0 Å². The highest BCUT2D eigenvalue weighted by atomic mass is 31.2. The van der Waals surface area contributed by atoms with Crippen LogP contribution in [-0.4, -0.2) is 96.7 Å². The molecule has 0 saturated heterocycles. The maximum atomic E-state index is 13.0. The molecule has 0 saturated carbocycles. The number of hydrogen-bond donors (Lipinski definition) is 3. The summed E-state index contributed by atoms with van der Waals surface area (Å²) in [5.74, 6) is -2.22. The summed E-state index contributed by atoms with van der Waals surface area (Å²) in [6.07, 6.45) is 67.3. The molecule has 0 aliphatic carbocycles. The number of allylic oxidation sites excluding steroid dienone is 14. The highest BCUT2D eigenvalue weighted by Gasteiger charge is 2.30. The van der Waals surface area contributed by atoms with Crippen molar-refractivity contribution in [3.05, 3.63) is 85.1 Å². The zero-order chi connectivity index (χ0) is 69.0. The van der Waals surface area contributed by atoms with Crippen molar-refractivity contribution in [2.75, 3.05) is 39.6 Å². The van der Waals surface area contributed by atoms with Crippen LogP contribution in [-0.2, 0) is 65.4 Å². The molecule has 0 aliphatic heterocycles. The van der Waals surface area contributed by atoms with Gasteiger partial charge in [-0.25, -0.2) is 9.13 Å². The third kappa shape index (κ3) is 66.8. The maximum Gasteiger partial charge on any atom is 0.472 e. The van der Waals surface area contributed by atoms with Gasteiger partial charge in [-0.05, 0) is 135 Å². The normalized spacial score (nSPS) is 14.5. The van der Waals surface area contributed by atoms with Gasteiger partial charge in [-0.1, -0.05) is 235 Å². The van der Waals surface area contributed by atoms with E-state index < -0.39 is 97.5 Å². The number of aliphatic hydroxyl groups is 1. The van der Waals surface area contributed by atoms with Crippen molar-refractivity contribution in [1.82, 2.24) is 0 Å². The molecular formula is C75H132O17P2. The van der Waals surface area contributed by atoms with Gasteiger partial charge >= 0.3 is 39.5 Å². The first-order valence-electron chi connectivity index (χ1n) is 36.8. The summed E-state index contributed by atoms with van der Waals surface area (Å²) in [7, 11) is -9.95. The largest absolute Gasteiger partial charge is 0.472 e. The smallest absolute Gasteiger partial charge is 0.462 e. The summed E-state index contributed by atoms with van der Waals surface area (Å²) in [5, 5.41) is 10.6. The first-order chi connectivity index (χ1) is 45.7. The van der Waals surface area contributed by atoms with Crippen LogP contribution in [0.4, 0.5) is 0 Å². The van der Waals surface area contributed by atoms with E-state index in [9.17, 15) is 43.2 Å². The number of rotatable bonds is 69. The van der Waals surface area contributed by atoms with E-state index in [0.717, 1.165) is 173 Å². The van der Waals surface area contributed by atoms with Gasteiger partial charge in [0.05, 0.1) is 26.4 Å². The molecule has 0 aromatic rings. The van der Waals surface area contributed by atoms with Gasteiger partial charge < -0.3 is 33.8 Å². The fourth-order valence-corrected chi connectivity index (χ4v) is 11.2. The van der Waals surface area contributed by atoms with Crippen molar-refractivity contribution >= 4 is 39.5 Å². The second-order valence-electron chi connectivity index (χ2n) is 24.5. The lowest BCUT2D eigenvalue weighted by Gasteiger charge is -2.21. The Kier molecular flexibility index (Phi) is 65.1. The summed E-state index contributed by atoms with van der Waals surface area (Å²) in [5.41, 5.74) is 0. The lowest BCUT2D eigenvalue weighted by atomic mass is 10.1. The Morgan fingerprint density at radius 3 is 0.915 bits per heavy atom. The monoisotopic (exact) mass is 1370 g/mol. The predicted molar refractivity (Wildman–Crippen MR) is 381 cm³/mol. The molecule has 19 heteroatoms. The molecular weight excluding hydrogens is 1230 g/mol. The van der Waals surface area contributed by atoms with Crippen molar-refractivity contribution in [2.45, 2.75) is 329 Å². The zero-order valence-corrected chi connectivity index (χ0v) is 60.9. The van der Waals surface area contributed by atoms with Crippen molar-refractivity contribution < 1.29 is 80.2 Å². The minimum Gasteiger partial charge on any atom is -0.462 e. The topological polar surface area (TPSA) is 237 Å². The minimum atomic E-state index is -4.97. The number of esters is 4. The molecule has 0 rings (SSSR count). The van der Waals surface area contributed by atoms with E-state index in [0.29, 0.717) is 25.7 Å². The van der Waals surface area contributed by atoms with E-state index in [2.05, 4.69) is 113 Å². The van der Waals surface area contributed by atoms with Crippen molar-refractivity contribution in [3.8, 4) is 0 Å². The molecule has 17 nitrogen and oxygen atoms in total. The number of phosphoric ester groups is 2. The predicted octanol–water partition coefficient (Wildman–Crippen LogP) is 20.7. The van der Waals surface area contributed by atoms with Crippen LogP contribution < -0.4 is 0 Å². The molecule has 94 heavy (non-hydrogen) atoms. The molecule has 0 aromatic carbocycles. The van der Waals surface area contributed by atoms with Crippen molar-refractivity contribution in [2.24, 2.45) is 0 Å². The molecule has 5 unspecified atom stereocenters. The van der Waals surface area contributed by atoms with Crippen LogP contribution in [0, 0.1) is 0 Å². The number of unbranched alkanes of at least 4 members (excludes halogenated alkanes) is 29. The highest BCUT2D eigenvalue weighted by molar-refractivity contribution is 7.47. The zero-order valence-electron chi connectivity index (χ0n) is 59.1. The average molecular weight is 1370 g/mol. The first-order valence-corrected chi connectivity index (χ1v) is 39.8.